The van der Waals surface area contributed by atoms with Crippen LogP contribution in [0.3, 0.4) is 0 Å². The number of carbonyl (C=O) groups excluding carboxylic acids is 1. The van der Waals surface area contributed by atoms with Crippen LogP contribution in [-0.4, -0.2) is 16.9 Å². The topological polar surface area (TPSA) is 80.4 Å². The van der Waals surface area contributed by atoms with Gasteiger partial charge in [-0.2, -0.15) is 0 Å². The Balaban J connectivity index is 2.48. The van der Waals surface area contributed by atoms with Crippen LogP contribution >= 0.6 is 0 Å². The number of rotatable bonds is 4. The van der Waals surface area contributed by atoms with Crippen LogP contribution < -0.4 is 5.73 Å². The van der Waals surface area contributed by atoms with Crippen LogP contribution in [-0.2, 0) is 4.79 Å². The first kappa shape index (κ1) is 13.9. The number of carboxylic acid groups (broad SMARTS) is 1. The fourth-order valence-corrected chi connectivity index (χ4v) is 1.89. The molecule has 5 heteroatoms. The molecule has 0 aliphatic rings. The minimum atomic E-state index is -1.30. The third kappa shape index (κ3) is 2.73. The molecule has 0 amide bonds. The molecule has 4 nitrogen and oxygen atoms in total. The van der Waals surface area contributed by atoms with Gasteiger partial charge in [0.25, 0.3) is 0 Å². The SMILES string of the molecule is NC(C(=O)O)c1ccccc1C(=O)c1cccc(F)c1. The van der Waals surface area contributed by atoms with Crippen LogP contribution in [0.5, 0.6) is 0 Å². The van der Waals surface area contributed by atoms with Crippen LogP contribution in [0.25, 0.3) is 0 Å². The second kappa shape index (κ2) is 5.63. The fourth-order valence-electron chi connectivity index (χ4n) is 1.89. The Kier molecular flexibility index (Phi) is 3.91. The van der Waals surface area contributed by atoms with E-state index in [1.165, 1.54) is 30.3 Å². The Labute approximate surface area is 114 Å². The zero-order valence-electron chi connectivity index (χ0n) is 10.4. The van der Waals surface area contributed by atoms with E-state index in [0.29, 0.717) is 0 Å². The quantitative estimate of drug-likeness (QED) is 0.836. The van der Waals surface area contributed by atoms with E-state index in [-0.39, 0.29) is 16.7 Å². The normalized spacial score (nSPS) is 11.9. The molecular formula is C15H12FNO3. The van der Waals surface area contributed by atoms with Crippen molar-refractivity contribution >= 4 is 11.8 Å². The number of carbonyl (C=O) groups is 2. The van der Waals surface area contributed by atoms with Gasteiger partial charge in [-0.25, -0.2) is 4.39 Å². The lowest BCUT2D eigenvalue weighted by atomic mass is 9.94. The van der Waals surface area contributed by atoms with Crippen LogP contribution in [0, 0.1) is 5.82 Å². The van der Waals surface area contributed by atoms with Gasteiger partial charge in [0, 0.05) is 11.1 Å². The number of benzene rings is 2. The van der Waals surface area contributed by atoms with Gasteiger partial charge in [0.15, 0.2) is 5.78 Å². The predicted molar refractivity (Wildman–Crippen MR) is 70.8 cm³/mol. The zero-order valence-corrected chi connectivity index (χ0v) is 10.4. The molecular weight excluding hydrogens is 261 g/mol. The van der Waals surface area contributed by atoms with Crippen molar-refractivity contribution in [2.45, 2.75) is 6.04 Å². The highest BCUT2D eigenvalue weighted by Crippen LogP contribution is 2.20. The van der Waals surface area contributed by atoms with Crippen molar-refractivity contribution in [3.8, 4) is 0 Å². The molecule has 1 atom stereocenters. The van der Waals surface area contributed by atoms with Crippen LogP contribution in [0.15, 0.2) is 48.5 Å². The molecule has 3 N–H and O–H groups in total. The number of aliphatic carboxylic acids is 1. The first-order valence-corrected chi connectivity index (χ1v) is 5.88. The molecule has 0 aliphatic heterocycles. The molecule has 0 spiro atoms. The molecule has 102 valence electrons. The molecule has 0 aliphatic carbocycles. The van der Waals surface area contributed by atoms with Gasteiger partial charge >= 0.3 is 5.97 Å². The average molecular weight is 273 g/mol. The number of hydrogen-bond donors (Lipinski definition) is 2. The summed E-state index contributed by atoms with van der Waals surface area (Å²) in [6.07, 6.45) is 0. The van der Waals surface area contributed by atoms with Gasteiger partial charge in [0.1, 0.15) is 11.9 Å². The largest absolute Gasteiger partial charge is 0.480 e. The van der Waals surface area contributed by atoms with E-state index in [1.807, 2.05) is 0 Å². The van der Waals surface area contributed by atoms with Gasteiger partial charge in [-0.3, -0.25) is 9.59 Å². The number of carboxylic acids is 1. The number of ketones is 1. The second-order valence-electron chi connectivity index (χ2n) is 4.24. The van der Waals surface area contributed by atoms with Crippen LogP contribution in [0.4, 0.5) is 4.39 Å². The highest BCUT2D eigenvalue weighted by molar-refractivity contribution is 6.10. The van der Waals surface area contributed by atoms with E-state index in [0.717, 1.165) is 6.07 Å². The number of nitrogens with two attached hydrogens (primary N) is 1. The fraction of sp³-hybridized carbons (Fsp3) is 0.0667. The Morgan fingerprint density at radius 3 is 2.45 bits per heavy atom. The summed E-state index contributed by atoms with van der Waals surface area (Å²) < 4.78 is 13.2. The highest BCUT2D eigenvalue weighted by atomic mass is 19.1. The highest BCUT2D eigenvalue weighted by Gasteiger charge is 2.21. The monoisotopic (exact) mass is 273 g/mol. The standard InChI is InChI=1S/C15H12FNO3/c16-10-5-3-4-9(8-10)14(18)12-7-2-1-6-11(12)13(17)15(19)20/h1-8,13H,17H2,(H,19,20). The molecule has 20 heavy (non-hydrogen) atoms. The molecule has 0 radical (unpaired) electrons. The van der Waals surface area contributed by atoms with Crippen molar-refractivity contribution in [2.75, 3.05) is 0 Å². The van der Waals surface area contributed by atoms with Crippen molar-refractivity contribution in [3.63, 3.8) is 0 Å². The summed E-state index contributed by atoms with van der Waals surface area (Å²) in [6.45, 7) is 0. The lowest BCUT2D eigenvalue weighted by Gasteiger charge is -2.12. The van der Waals surface area contributed by atoms with Gasteiger partial charge in [-0.05, 0) is 17.7 Å². The number of hydrogen-bond acceptors (Lipinski definition) is 3. The molecule has 0 bridgehead atoms. The van der Waals surface area contributed by atoms with E-state index in [1.54, 1.807) is 12.1 Å². The third-order valence-electron chi connectivity index (χ3n) is 2.89. The Morgan fingerprint density at radius 2 is 1.80 bits per heavy atom. The molecule has 2 aromatic rings. The summed E-state index contributed by atoms with van der Waals surface area (Å²) in [5.74, 6) is -2.22. The molecule has 0 saturated carbocycles. The zero-order chi connectivity index (χ0) is 14.7. The van der Waals surface area contributed by atoms with Crippen molar-refractivity contribution in [1.29, 1.82) is 0 Å². The summed E-state index contributed by atoms with van der Waals surface area (Å²) in [5, 5.41) is 8.96. The number of halogens is 1. The molecule has 0 aromatic heterocycles. The third-order valence-corrected chi connectivity index (χ3v) is 2.89. The van der Waals surface area contributed by atoms with Crippen molar-refractivity contribution in [2.24, 2.45) is 5.73 Å². The first-order chi connectivity index (χ1) is 9.50. The summed E-state index contributed by atoms with van der Waals surface area (Å²) in [5.41, 5.74) is 6.07. The maximum Gasteiger partial charge on any atom is 0.325 e. The summed E-state index contributed by atoms with van der Waals surface area (Å²) in [6, 6.07) is 10.1. The Bertz CT molecular complexity index is 670. The molecule has 1 unspecified atom stereocenters. The van der Waals surface area contributed by atoms with Crippen LogP contribution in [0.2, 0.25) is 0 Å². The predicted octanol–water partition coefficient (Wildman–Crippen LogP) is 2.14. The lowest BCUT2D eigenvalue weighted by Crippen LogP contribution is -2.23. The molecule has 2 rings (SSSR count). The van der Waals surface area contributed by atoms with Crippen molar-refractivity contribution in [3.05, 3.63) is 71.0 Å². The lowest BCUT2D eigenvalue weighted by molar-refractivity contribution is -0.138. The van der Waals surface area contributed by atoms with Gasteiger partial charge in [0.05, 0.1) is 0 Å². The van der Waals surface area contributed by atoms with E-state index < -0.39 is 23.6 Å². The van der Waals surface area contributed by atoms with Crippen LogP contribution in [0.1, 0.15) is 27.5 Å². The summed E-state index contributed by atoms with van der Waals surface area (Å²) in [7, 11) is 0. The first-order valence-electron chi connectivity index (χ1n) is 5.88. The molecule has 0 heterocycles. The van der Waals surface area contributed by atoms with Gasteiger partial charge < -0.3 is 10.8 Å². The van der Waals surface area contributed by atoms with Crippen molar-refractivity contribution < 1.29 is 19.1 Å². The summed E-state index contributed by atoms with van der Waals surface area (Å²) >= 11 is 0. The van der Waals surface area contributed by atoms with E-state index >= 15 is 0 Å². The minimum Gasteiger partial charge on any atom is -0.480 e. The van der Waals surface area contributed by atoms with E-state index in [4.69, 9.17) is 10.8 Å². The second-order valence-corrected chi connectivity index (χ2v) is 4.24. The maximum absolute atomic E-state index is 13.2. The maximum atomic E-state index is 13.2. The van der Waals surface area contributed by atoms with Gasteiger partial charge in [-0.1, -0.05) is 36.4 Å². The molecule has 0 saturated heterocycles. The Morgan fingerprint density at radius 1 is 1.10 bits per heavy atom. The van der Waals surface area contributed by atoms with Gasteiger partial charge in [-0.15, -0.1) is 0 Å². The Hall–Kier alpha value is -2.53. The van der Waals surface area contributed by atoms with E-state index in [2.05, 4.69) is 0 Å². The smallest absolute Gasteiger partial charge is 0.325 e. The van der Waals surface area contributed by atoms with Crippen molar-refractivity contribution in [1.82, 2.24) is 0 Å². The summed E-state index contributed by atoms with van der Waals surface area (Å²) in [4.78, 5) is 23.3. The molecule has 2 aromatic carbocycles. The minimum absolute atomic E-state index is 0.148. The average Bonchev–Trinajstić information content (AvgIpc) is 2.45. The van der Waals surface area contributed by atoms with E-state index in [9.17, 15) is 14.0 Å². The van der Waals surface area contributed by atoms with Gasteiger partial charge in [0.2, 0.25) is 0 Å². The molecule has 0 fully saturated rings.